The molecule has 1 rings (SSSR count). The summed E-state index contributed by atoms with van der Waals surface area (Å²) in [6.07, 6.45) is 28.7. The van der Waals surface area contributed by atoms with E-state index in [9.17, 15) is 30.0 Å². The van der Waals surface area contributed by atoms with Crippen LogP contribution in [0, 0.1) is 0 Å². The van der Waals surface area contributed by atoms with E-state index in [0.717, 1.165) is 51.4 Å². The minimum Gasteiger partial charge on any atom is -0.490 e. The predicted octanol–water partition coefficient (Wildman–Crippen LogP) is 9.87. The van der Waals surface area contributed by atoms with Crippen LogP contribution in [0.4, 0.5) is 0 Å². The molecule has 12 nitrogen and oxygen atoms in total. The van der Waals surface area contributed by atoms with Gasteiger partial charge in [0, 0.05) is 18.7 Å². The van der Waals surface area contributed by atoms with Crippen molar-refractivity contribution in [3.63, 3.8) is 0 Å². The number of carbonyl (C=O) groups excluding carboxylic acids is 2. The molecule has 4 atom stereocenters. The van der Waals surface area contributed by atoms with E-state index in [1.165, 1.54) is 141 Å². The van der Waals surface area contributed by atoms with E-state index in [1.54, 1.807) is 12.1 Å². The number of aliphatic hydroxyl groups is 5. The Bertz CT molecular complexity index is 1190. The van der Waals surface area contributed by atoms with E-state index in [0.29, 0.717) is 42.6 Å². The number of nitrogens with one attached hydrogen (secondary N) is 2. The molecule has 0 aliphatic heterocycles. The maximum atomic E-state index is 13.6. The summed E-state index contributed by atoms with van der Waals surface area (Å²) in [5, 5.41) is 53.8. The standard InChI is InChI=1S/C51H94N2O10/c1-4-7-10-13-16-19-22-25-28-31-36-61-44-39-42(50(59)52-34-35-53-51(60)48(58)47(57)46(56)43(55)41-54)40-45(62-37-32-29-26-23-20-17-14-11-8-5-2)49(44)63-38-33-30-27-24-21-18-15-12-9-6-3/h39-40,43,46-48,54-58H,4-38,41H2,1-3H3,(H,52,59)(H,53,60)/t43-,46-,47+,48-/m1/s1. The Morgan fingerprint density at radius 2 is 0.810 bits per heavy atom. The number of hydrogen-bond donors (Lipinski definition) is 7. The van der Waals surface area contributed by atoms with Crippen LogP contribution < -0.4 is 24.8 Å². The molecule has 7 N–H and O–H groups in total. The monoisotopic (exact) mass is 895 g/mol. The van der Waals surface area contributed by atoms with Gasteiger partial charge in [-0.2, -0.15) is 0 Å². The zero-order valence-corrected chi connectivity index (χ0v) is 40.2. The third-order valence-electron chi connectivity index (χ3n) is 11.8. The molecule has 0 spiro atoms. The summed E-state index contributed by atoms with van der Waals surface area (Å²) >= 11 is 0. The lowest BCUT2D eigenvalue weighted by atomic mass is 10.0. The fourth-order valence-corrected chi connectivity index (χ4v) is 7.62. The number of hydrogen-bond acceptors (Lipinski definition) is 10. The van der Waals surface area contributed by atoms with Crippen LogP contribution in [0.1, 0.15) is 224 Å². The SMILES string of the molecule is CCCCCCCCCCCCOc1cc(C(=O)NCCNC(=O)[C@H](O)[C@@H](O)[C@H](O)[C@H](O)CO)cc(OCCCCCCCCCCCC)c1OCCCCCCCCCCCC. The average molecular weight is 895 g/mol. The molecular weight excluding hydrogens is 801 g/mol. The highest BCUT2D eigenvalue weighted by Gasteiger charge is 2.34. The summed E-state index contributed by atoms with van der Waals surface area (Å²) in [5.41, 5.74) is 0.320. The Morgan fingerprint density at radius 1 is 0.476 bits per heavy atom. The molecule has 0 saturated carbocycles. The number of ether oxygens (including phenoxy) is 3. The second kappa shape index (κ2) is 40.8. The highest BCUT2D eigenvalue weighted by molar-refractivity contribution is 5.95. The first-order valence-corrected chi connectivity index (χ1v) is 25.7. The lowest BCUT2D eigenvalue weighted by Gasteiger charge is -2.24. The topological polar surface area (TPSA) is 187 Å². The molecule has 0 aliphatic rings. The van der Waals surface area contributed by atoms with Crippen LogP contribution in [-0.4, -0.2) is 101 Å². The molecular formula is C51H94N2O10. The van der Waals surface area contributed by atoms with E-state index in [-0.39, 0.29) is 13.1 Å². The molecule has 368 valence electrons. The normalized spacial score (nSPS) is 13.3. The van der Waals surface area contributed by atoms with Crippen LogP contribution in [-0.2, 0) is 4.79 Å². The van der Waals surface area contributed by atoms with E-state index in [1.807, 2.05) is 0 Å². The van der Waals surface area contributed by atoms with Gasteiger partial charge in [0.25, 0.3) is 11.8 Å². The van der Waals surface area contributed by atoms with Crippen LogP contribution in [0.15, 0.2) is 12.1 Å². The summed E-state index contributed by atoms with van der Waals surface area (Å²) in [6.45, 7) is 7.27. The number of amides is 2. The van der Waals surface area contributed by atoms with E-state index in [2.05, 4.69) is 31.4 Å². The maximum Gasteiger partial charge on any atom is 0.251 e. The van der Waals surface area contributed by atoms with E-state index >= 15 is 0 Å². The van der Waals surface area contributed by atoms with Crippen LogP contribution in [0.5, 0.6) is 17.2 Å². The van der Waals surface area contributed by atoms with Gasteiger partial charge in [-0.15, -0.1) is 0 Å². The zero-order chi connectivity index (χ0) is 46.2. The second-order valence-electron chi connectivity index (χ2n) is 17.6. The molecule has 2 amide bonds. The smallest absolute Gasteiger partial charge is 0.251 e. The molecule has 0 saturated heterocycles. The number of unbranched alkanes of at least 4 members (excludes halogenated alkanes) is 27. The lowest BCUT2D eigenvalue weighted by molar-refractivity contribution is -0.148. The summed E-state index contributed by atoms with van der Waals surface area (Å²) in [7, 11) is 0. The minimum atomic E-state index is -2.06. The van der Waals surface area contributed by atoms with Crippen molar-refractivity contribution in [1.82, 2.24) is 10.6 Å². The first-order chi connectivity index (χ1) is 30.7. The maximum absolute atomic E-state index is 13.6. The van der Waals surface area contributed by atoms with Gasteiger partial charge in [-0.3, -0.25) is 9.59 Å². The molecule has 0 heterocycles. The van der Waals surface area contributed by atoms with Gasteiger partial charge in [-0.25, -0.2) is 0 Å². The van der Waals surface area contributed by atoms with Gasteiger partial charge in [0.15, 0.2) is 17.6 Å². The summed E-state index contributed by atoms with van der Waals surface area (Å²) in [6, 6.07) is 3.39. The predicted molar refractivity (Wildman–Crippen MR) is 255 cm³/mol. The van der Waals surface area contributed by atoms with Gasteiger partial charge >= 0.3 is 0 Å². The van der Waals surface area contributed by atoms with Gasteiger partial charge < -0.3 is 50.4 Å². The van der Waals surface area contributed by atoms with Crippen molar-refractivity contribution in [2.75, 3.05) is 39.5 Å². The number of aliphatic hydroxyl groups excluding tert-OH is 5. The van der Waals surface area contributed by atoms with Gasteiger partial charge in [0.05, 0.1) is 26.4 Å². The fraction of sp³-hybridized carbons (Fsp3) is 0.843. The molecule has 1 aromatic carbocycles. The van der Waals surface area contributed by atoms with E-state index < -0.39 is 42.8 Å². The first-order valence-electron chi connectivity index (χ1n) is 25.7. The third kappa shape index (κ3) is 29.5. The van der Waals surface area contributed by atoms with Crippen LogP contribution in [0.25, 0.3) is 0 Å². The molecule has 63 heavy (non-hydrogen) atoms. The molecule has 0 unspecified atom stereocenters. The van der Waals surface area contributed by atoms with E-state index in [4.69, 9.17) is 19.3 Å². The van der Waals surface area contributed by atoms with Crippen molar-refractivity contribution in [2.45, 2.75) is 238 Å². The van der Waals surface area contributed by atoms with Gasteiger partial charge in [-0.05, 0) is 31.4 Å². The number of carbonyl (C=O) groups is 2. The molecule has 0 fully saturated rings. The minimum absolute atomic E-state index is 0.00418. The van der Waals surface area contributed by atoms with Crippen LogP contribution in [0.2, 0.25) is 0 Å². The largest absolute Gasteiger partial charge is 0.490 e. The molecule has 1 aromatic rings. The van der Waals surface area contributed by atoms with Crippen LogP contribution >= 0.6 is 0 Å². The Morgan fingerprint density at radius 3 is 1.17 bits per heavy atom. The quantitative estimate of drug-likeness (QED) is 0.0311. The highest BCUT2D eigenvalue weighted by Crippen LogP contribution is 2.40. The molecule has 0 aromatic heterocycles. The average Bonchev–Trinajstić information content (AvgIpc) is 3.29. The highest BCUT2D eigenvalue weighted by atomic mass is 16.5. The summed E-state index contributed by atoms with van der Waals surface area (Å²) in [5.74, 6) is 0.0424. The van der Waals surface area contributed by atoms with Crippen molar-refractivity contribution in [3.05, 3.63) is 17.7 Å². The molecule has 0 radical (unpaired) electrons. The van der Waals surface area contributed by atoms with Crippen molar-refractivity contribution < 1.29 is 49.3 Å². The number of rotatable bonds is 45. The van der Waals surface area contributed by atoms with Gasteiger partial charge in [-0.1, -0.05) is 194 Å². The Kier molecular flexibility index (Phi) is 37.8. The van der Waals surface area contributed by atoms with Crippen molar-refractivity contribution in [1.29, 1.82) is 0 Å². The fourth-order valence-electron chi connectivity index (χ4n) is 7.62. The summed E-state index contributed by atoms with van der Waals surface area (Å²) < 4.78 is 19.3. The Balaban J connectivity index is 3.01. The molecule has 0 bridgehead atoms. The zero-order valence-electron chi connectivity index (χ0n) is 40.2. The van der Waals surface area contributed by atoms with Gasteiger partial charge in [0.1, 0.15) is 18.3 Å². The lowest BCUT2D eigenvalue weighted by Crippen LogP contribution is -2.52. The van der Waals surface area contributed by atoms with Gasteiger partial charge in [0.2, 0.25) is 5.75 Å². The molecule has 0 aliphatic carbocycles. The number of benzene rings is 1. The summed E-state index contributed by atoms with van der Waals surface area (Å²) in [4.78, 5) is 26.0. The second-order valence-corrected chi connectivity index (χ2v) is 17.6. The Labute approximate surface area is 383 Å². The molecule has 12 heteroatoms. The Hall–Kier alpha value is -2.64. The van der Waals surface area contributed by atoms with Crippen molar-refractivity contribution >= 4 is 11.8 Å². The first kappa shape index (κ1) is 58.4. The van der Waals surface area contributed by atoms with Crippen LogP contribution in [0.3, 0.4) is 0 Å². The van der Waals surface area contributed by atoms with Crippen molar-refractivity contribution in [2.24, 2.45) is 0 Å². The third-order valence-corrected chi connectivity index (χ3v) is 11.8. The van der Waals surface area contributed by atoms with Crippen molar-refractivity contribution in [3.8, 4) is 17.2 Å².